The van der Waals surface area contributed by atoms with Crippen molar-refractivity contribution in [1.82, 2.24) is 14.9 Å². The van der Waals surface area contributed by atoms with E-state index >= 15 is 4.39 Å². The van der Waals surface area contributed by atoms with Crippen LogP contribution in [-0.4, -0.2) is 48.1 Å². The van der Waals surface area contributed by atoms with Gasteiger partial charge in [-0.3, -0.25) is 0 Å². The van der Waals surface area contributed by atoms with Crippen LogP contribution in [0, 0.1) is 5.82 Å². The summed E-state index contributed by atoms with van der Waals surface area (Å²) in [6.07, 6.45) is 1.98. The molecule has 0 spiro atoms. The van der Waals surface area contributed by atoms with Gasteiger partial charge in [-0.05, 0) is 42.8 Å². The van der Waals surface area contributed by atoms with E-state index in [1.807, 2.05) is 35.8 Å². The summed E-state index contributed by atoms with van der Waals surface area (Å²) in [5.74, 6) is -0.202. The van der Waals surface area contributed by atoms with Crippen LogP contribution >= 0.6 is 22.9 Å². The van der Waals surface area contributed by atoms with E-state index in [2.05, 4.69) is 27.9 Å². The SMILES string of the molecule is CN1CCN(c2c(F)cc3c4nc5ccc(Cl)cc5c-4c[nH]c3c2-c2cccs2)CC1. The fourth-order valence-electron chi connectivity index (χ4n) is 4.60. The lowest BCUT2D eigenvalue weighted by molar-refractivity contribution is 0.312. The van der Waals surface area contributed by atoms with Gasteiger partial charge in [-0.15, -0.1) is 11.3 Å². The van der Waals surface area contributed by atoms with Crippen molar-refractivity contribution in [3.05, 3.63) is 58.8 Å². The van der Waals surface area contributed by atoms with Gasteiger partial charge in [-0.2, -0.15) is 0 Å². The van der Waals surface area contributed by atoms with Gasteiger partial charge in [0.15, 0.2) is 0 Å². The Bertz CT molecular complexity index is 1390. The molecule has 3 aliphatic rings. The maximum Gasteiger partial charge on any atom is 0.147 e. The van der Waals surface area contributed by atoms with Gasteiger partial charge < -0.3 is 14.8 Å². The van der Waals surface area contributed by atoms with Crippen LogP contribution in [0.5, 0.6) is 0 Å². The first-order valence-electron chi connectivity index (χ1n) is 10.3. The first kappa shape index (κ1) is 19.0. The van der Waals surface area contributed by atoms with Gasteiger partial charge in [0.2, 0.25) is 0 Å². The summed E-state index contributed by atoms with van der Waals surface area (Å²) >= 11 is 7.85. The Morgan fingerprint density at radius 2 is 1.94 bits per heavy atom. The molecule has 7 heteroatoms. The second-order valence-corrected chi connectivity index (χ2v) is 9.48. The average molecular weight is 451 g/mol. The standard InChI is InChI=1S/C24H20ClFN4S/c1-29-6-8-30(9-7-29)24-18(26)12-16-22-17(15-11-14(25)4-5-19(15)28-22)13-27-23(16)21(24)20-3-2-10-31-20/h2-5,10-13,27H,6-9H2,1H3. The van der Waals surface area contributed by atoms with Crippen molar-refractivity contribution in [2.75, 3.05) is 38.1 Å². The number of likely N-dealkylation sites (N-methyl/N-ethyl adjacent to an activating group) is 1. The van der Waals surface area contributed by atoms with Crippen LogP contribution in [0.2, 0.25) is 5.02 Å². The van der Waals surface area contributed by atoms with Gasteiger partial charge >= 0.3 is 0 Å². The predicted molar refractivity (Wildman–Crippen MR) is 128 cm³/mol. The Morgan fingerprint density at radius 1 is 1.10 bits per heavy atom. The summed E-state index contributed by atoms with van der Waals surface area (Å²) < 4.78 is 15.8. The highest BCUT2D eigenvalue weighted by Crippen LogP contribution is 2.45. The minimum Gasteiger partial charge on any atom is -0.366 e. The largest absolute Gasteiger partial charge is 0.366 e. The Balaban J connectivity index is 1.67. The van der Waals surface area contributed by atoms with E-state index in [1.54, 1.807) is 17.4 Å². The quantitative estimate of drug-likeness (QED) is 0.353. The molecule has 4 heterocycles. The van der Waals surface area contributed by atoms with Crippen LogP contribution in [0.3, 0.4) is 0 Å². The molecule has 0 unspecified atom stereocenters. The molecule has 0 bridgehead atoms. The maximum atomic E-state index is 15.8. The van der Waals surface area contributed by atoms with E-state index in [-0.39, 0.29) is 5.82 Å². The van der Waals surface area contributed by atoms with E-state index in [0.717, 1.165) is 69.7 Å². The van der Waals surface area contributed by atoms with Crippen molar-refractivity contribution in [3.63, 3.8) is 0 Å². The predicted octanol–water partition coefficient (Wildman–Crippen LogP) is 6.09. The summed E-state index contributed by atoms with van der Waals surface area (Å²) in [7, 11) is 2.11. The average Bonchev–Trinajstić information content (AvgIpc) is 3.42. The Labute approximate surface area is 188 Å². The number of rotatable bonds is 2. The van der Waals surface area contributed by atoms with Gasteiger partial charge in [0.1, 0.15) is 5.82 Å². The van der Waals surface area contributed by atoms with Crippen molar-refractivity contribution >= 4 is 50.4 Å². The molecule has 0 saturated carbocycles. The minimum atomic E-state index is -0.202. The molecule has 6 rings (SSSR count). The molecule has 3 aliphatic heterocycles. The Kier molecular flexibility index (Phi) is 4.42. The lowest BCUT2D eigenvalue weighted by Gasteiger charge is -2.35. The molecule has 3 aromatic rings. The number of benzene rings is 2. The number of H-pyrrole nitrogens is 1. The van der Waals surface area contributed by atoms with Crippen LogP contribution in [0.25, 0.3) is 43.5 Å². The molecule has 4 nitrogen and oxygen atoms in total. The zero-order valence-electron chi connectivity index (χ0n) is 17.0. The van der Waals surface area contributed by atoms with Crippen LogP contribution in [-0.2, 0) is 0 Å². The Morgan fingerprint density at radius 3 is 2.71 bits per heavy atom. The summed E-state index contributed by atoms with van der Waals surface area (Å²) in [5.41, 5.74) is 5.13. The maximum absolute atomic E-state index is 15.8. The molecule has 31 heavy (non-hydrogen) atoms. The van der Waals surface area contributed by atoms with Crippen molar-refractivity contribution in [2.45, 2.75) is 0 Å². The number of hydrogen-bond acceptors (Lipinski definition) is 4. The number of halogens is 2. The highest BCUT2D eigenvalue weighted by Gasteiger charge is 2.26. The molecule has 0 radical (unpaired) electrons. The summed E-state index contributed by atoms with van der Waals surface area (Å²) in [5, 5.41) is 4.47. The number of pyridine rings is 1. The monoisotopic (exact) mass is 450 g/mol. The van der Waals surface area contributed by atoms with Crippen molar-refractivity contribution < 1.29 is 4.39 Å². The van der Waals surface area contributed by atoms with Crippen molar-refractivity contribution in [3.8, 4) is 21.7 Å². The van der Waals surface area contributed by atoms with E-state index in [1.165, 1.54) is 0 Å². The number of thiophene rings is 1. The van der Waals surface area contributed by atoms with Crippen LogP contribution < -0.4 is 4.90 Å². The molecule has 0 aliphatic carbocycles. The normalized spacial score (nSPS) is 15.5. The molecule has 0 atom stereocenters. The molecule has 1 saturated heterocycles. The van der Waals surface area contributed by atoms with E-state index < -0.39 is 0 Å². The zero-order chi connectivity index (χ0) is 21.1. The number of aromatic amines is 1. The first-order chi connectivity index (χ1) is 15.1. The number of nitrogens with one attached hydrogen (secondary N) is 1. The van der Waals surface area contributed by atoms with E-state index in [9.17, 15) is 0 Å². The van der Waals surface area contributed by atoms with Gasteiger partial charge in [-0.25, -0.2) is 9.37 Å². The summed E-state index contributed by atoms with van der Waals surface area (Å²) in [6.45, 7) is 3.44. The first-order valence-corrected chi connectivity index (χ1v) is 11.6. The van der Waals surface area contributed by atoms with E-state index in [4.69, 9.17) is 16.6 Å². The molecule has 2 aromatic carbocycles. The van der Waals surface area contributed by atoms with Crippen molar-refractivity contribution in [1.29, 1.82) is 0 Å². The van der Waals surface area contributed by atoms with Gasteiger partial charge in [0.25, 0.3) is 0 Å². The van der Waals surface area contributed by atoms with Crippen LogP contribution in [0.15, 0.2) is 48.0 Å². The van der Waals surface area contributed by atoms with Crippen LogP contribution in [0.1, 0.15) is 0 Å². The van der Waals surface area contributed by atoms with Gasteiger partial charge in [-0.1, -0.05) is 17.7 Å². The summed E-state index contributed by atoms with van der Waals surface area (Å²) in [4.78, 5) is 13.8. The lowest BCUT2D eigenvalue weighted by atomic mass is 9.99. The molecule has 156 valence electrons. The number of aromatic nitrogens is 2. The second kappa shape index (κ2) is 7.19. The minimum absolute atomic E-state index is 0.202. The number of fused-ring (bicyclic) bond motifs is 5. The summed E-state index contributed by atoms with van der Waals surface area (Å²) in [6, 6.07) is 11.4. The fourth-order valence-corrected chi connectivity index (χ4v) is 5.55. The molecular formula is C24H20ClFN4S. The Hall–Kier alpha value is -2.67. The number of hydrogen-bond donors (Lipinski definition) is 1. The molecule has 1 fully saturated rings. The number of nitrogens with zero attached hydrogens (tertiary/aromatic N) is 3. The molecule has 1 N–H and O–H groups in total. The number of anilines is 1. The van der Waals surface area contributed by atoms with Gasteiger partial charge in [0, 0.05) is 64.2 Å². The highest BCUT2D eigenvalue weighted by molar-refractivity contribution is 7.13. The highest BCUT2D eigenvalue weighted by atomic mass is 35.5. The number of piperazine rings is 1. The topological polar surface area (TPSA) is 35.2 Å². The third kappa shape index (κ3) is 3.01. The second-order valence-electron chi connectivity index (χ2n) is 8.10. The smallest absolute Gasteiger partial charge is 0.147 e. The zero-order valence-corrected chi connectivity index (χ0v) is 18.5. The van der Waals surface area contributed by atoms with Crippen LogP contribution in [0.4, 0.5) is 10.1 Å². The lowest BCUT2D eigenvalue weighted by Crippen LogP contribution is -2.45. The van der Waals surface area contributed by atoms with Crippen molar-refractivity contribution in [2.24, 2.45) is 0 Å². The molecule has 1 aromatic heterocycles. The third-order valence-electron chi connectivity index (χ3n) is 6.19. The van der Waals surface area contributed by atoms with E-state index in [0.29, 0.717) is 10.7 Å². The fraction of sp³-hybridized carbons (Fsp3) is 0.208. The van der Waals surface area contributed by atoms with Gasteiger partial charge in [0.05, 0.1) is 22.4 Å². The molecular weight excluding hydrogens is 431 g/mol. The third-order valence-corrected chi connectivity index (χ3v) is 7.32. The molecule has 0 amide bonds.